The fourth-order valence-electron chi connectivity index (χ4n) is 2.00. The molecule has 1 aromatic rings. The predicted molar refractivity (Wildman–Crippen MR) is 60.8 cm³/mol. The van der Waals surface area contributed by atoms with Crippen LogP contribution in [0.1, 0.15) is 13.3 Å². The number of amides is 1. The maximum atomic E-state index is 12.8. The van der Waals surface area contributed by atoms with E-state index in [1.807, 2.05) is 6.92 Å². The molecule has 1 aromatic carbocycles. The summed E-state index contributed by atoms with van der Waals surface area (Å²) in [5.41, 5.74) is 0.770. The molecule has 1 amide bonds. The fraction of sp³-hybridized carbons (Fsp3) is 0.417. The summed E-state index contributed by atoms with van der Waals surface area (Å²) >= 11 is 0. The van der Waals surface area contributed by atoms with Gasteiger partial charge in [-0.2, -0.15) is 0 Å². The van der Waals surface area contributed by atoms with Crippen LogP contribution in [-0.4, -0.2) is 25.0 Å². The Labute approximate surface area is 94.3 Å². The normalized spacial score (nSPS) is 20.5. The number of halogens is 1. The minimum absolute atomic E-state index is 0.0950. The lowest BCUT2D eigenvalue weighted by Gasteiger charge is -2.16. The zero-order chi connectivity index (χ0) is 11.5. The molecular formula is C12H15FN2O. The van der Waals surface area contributed by atoms with Crippen LogP contribution in [0.5, 0.6) is 0 Å². The molecule has 1 fully saturated rings. The Bertz CT molecular complexity index is 377. The number of anilines is 1. The van der Waals surface area contributed by atoms with Gasteiger partial charge in [0.1, 0.15) is 5.82 Å². The second kappa shape index (κ2) is 4.61. The summed E-state index contributed by atoms with van der Waals surface area (Å²) in [6.45, 7) is 3.54. The number of hydrogen-bond donors (Lipinski definition) is 1. The van der Waals surface area contributed by atoms with Gasteiger partial charge in [-0.3, -0.25) is 4.79 Å². The highest BCUT2D eigenvalue weighted by Crippen LogP contribution is 2.21. The number of nitrogens with one attached hydrogen (secondary N) is 1. The maximum absolute atomic E-state index is 12.8. The molecular weight excluding hydrogens is 207 g/mol. The molecule has 3 nitrogen and oxygen atoms in total. The van der Waals surface area contributed by atoms with Crippen LogP contribution in [0.4, 0.5) is 10.1 Å². The Balaban J connectivity index is 2.10. The molecule has 2 rings (SSSR count). The van der Waals surface area contributed by atoms with Crippen LogP contribution in [0.25, 0.3) is 0 Å². The third-order valence-corrected chi connectivity index (χ3v) is 2.76. The Morgan fingerprint density at radius 2 is 2.12 bits per heavy atom. The zero-order valence-corrected chi connectivity index (χ0v) is 9.24. The lowest BCUT2D eigenvalue weighted by Crippen LogP contribution is -2.32. The number of carbonyl (C=O) groups excluding carboxylic acids is 1. The van der Waals surface area contributed by atoms with E-state index >= 15 is 0 Å². The van der Waals surface area contributed by atoms with Gasteiger partial charge in [0.25, 0.3) is 0 Å². The van der Waals surface area contributed by atoms with Crippen LogP contribution in [0, 0.1) is 5.82 Å². The molecule has 0 aliphatic carbocycles. The van der Waals surface area contributed by atoms with Crippen LogP contribution in [0.2, 0.25) is 0 Å². The quantitative estimate of drug-likeness (QED) is 0.841. The summed E-state index contributed by atoms with van der Waals surface area (Å²) in [6.07, 6.45) is 0.519. The third kappa shape index (κ3) is 2.22. The lowest BCUT2D eigenvalue weighted by molar-refractivity contribution is -0.117. The fourth-order valence-corrected chi connectivity index (χ4v) is 2.00. The molecule has 0 aromatic heterocycles. The van der Waals surface area contributed by atoms with Gasteiger partial charge in [0.15, 0.2) is 0 Å². The molecule has 1 aliphatic heterocycles. The minimum atomic E-state index is -0.279. The van der Waals surface area contributed by atoms with Crippen LogP contribution in [-0.2, 0) is 4.79 Å². The van der Waals surface area contributed by atoms with Crippen molar-refractivity contribution in [1.29, 1.82) is 0 Å². The summed E-state index contributed by atoms with van der Waals surface area (Å²) in [6, 6.07) is 6.25. The van der Waals surface area contributed by atoms with Gasteiger partial charge in [-0.25, -0.2) is 4.39 Å². The average Bonchev–Trinajstić information content (AvgIpc) is 2.61. The van der Waals surface area contributed by atoms with E-state index in [2.05, 4.69) is 5.32 Å². The molecule has 86 valence electrons. The lowest BCUT2D eigenvalue weighted by atomic mass is 10.2. The molecule has 0 bridgehead atoms. The van der Waals surface area contributed by atoms with Gasteiger partial charge in [-0.1, -0.05) is 6.92 Å². The van der Waals surface area contributed by atoms with Crippen LogP contribution in [0.3, 0.4) is 0 Å². The first-order valence-electron chi connectivity index (χ1n) is 5.50. The highest BCUT2D eigenvalue weighted by atomic mass is 19.1. The Morgan fingerprint density at radius 3 is 2.75 bits per heavy atom. The molecule has 0 saturated carbocycles. The molecule has 1 unspecified atom stereocenters. The number of likely N-dealkylation sites (N-methyl/N-ethyl adjacent to an activating group) is 1. The maximum Gasteiger partial charge on any atom is 0.228 e. The highest BCUT2D eigenvalue weighted by Gasteiger charge is 2.29. The van der Waals surface area contributed by atoms with E-state index < -0.39 is 0 Å². The number of carbonyl (C=O) groups is 1. The van der Waals surface area contributed by atoms with Crippen molar-refractivity contribution < 1.29 is 9.18 Å². The molecule has 1 heterocycles. The number of rotatable bonds is 3. The first-order chi connectivity index (χ1) is 7.70. The van der Waals surface area contributed by atoms with Gasteiger partial charge in [-0.05, 0) is 30.8 Å². The van der Waals surface area contributed by atoms with E-state index in [4.69, 9.17) is 0 Å². The van der Waals surface area contributed by atoms with Crippen LogP contribution in [0.15, 0.2) is 24.3 Å². The topological polar surface area (TPSA) is 32.3 Å². The summed E-state index contributed by atoms with van der Waals surface area (Å²) in [5, 5.41) is 3.25. The van der Waals surface area contributed by atoms with E-state index in [0.717, 1.165) is 12.2 Å². The summed E-state index contributed by atoms with van der Waals surface area (Å²) in [5.74, 6) is -0.184. The van der Waals surface area contributed by atoms with Crippen molar-refractivity contribution in [3.8, 4) is 0 Å². The van der Waals surface area contributed by atoms with Crippen molar-refractivity contribution >= 4 is 11.6 Å². The van der Waals surface area contributed by atoms with E-state index in [1.165, 1.54) is 12.1 Å². The van der Waals surface area contributed by atoms with E-state index in [-0.39, 0.29) is 17.8 Å². The first-order valence-corrected chi connectivity index (χ1v) is 5.50. The molecule has 1 aliphatic rings. The minimum Gasteiger partial charge on any atom is -0.312 e. The predicted octanol–water partition coefficient (Wildman–Crippen LogP) is 1.54. The SMILES string of the molecule is CCNC1CC(=O)N(c2ccc(F)cc2)C1. The molecule has 16 heavy (non-hydrogen) atoms. The largest absolute Gasteiger partial charge is 0.312 e. The van der Waals surface area contributed by atoms with Crippen molar-refractivity contribution in [3.05, 3.63) is 30.1 Å². The van der Waals surface area contributed by atoms with Crippen LogP contribution < -0.4 is 10.2 Å². The van der Waals surface area contributed by atoms with Crippen molar-refractivity contribution in [2.24, 2.45) is 0 Å². The molecule has 1 atom stereocenters. The number of benzene rings is 1. The number of nitrogens with zero attached hydrogens (tertiary/aromatic N) is 1. The Hall–Kier alpha value is -1.42. The van der Waals surface area contributed by atoms with Gasteiger partial charge in [0, 0.05) is 24.7 Å². The molecule has 4 heteroatoms. The van der Waals surface area contributed by atoms with E-state index in [9.17, 15) is 9.18 Å². The smallest absolute Gasteiger partial charge is 0.228 e. The second-order valence-electron chi connectivity index (χ2n) is 3.94. The van der Waals surface area contributed by atoms with Crippen molar-refractivity contribution in [2.75, 3.05) is 18.0 Å². The summed E-state index contributed by atoms with van der Waals surface area (Å²) < 4.78 is 12.8. The van der Waals surface area contributed by atoms with Gasteiger partial charge < -0.3 is 10.2 Å². The van der Waals surface area contributed by atoms with Gasteiger partial charge >= 0.3 is 0 Å². The average molecular weight is 222 g/mol. The third-order valence-electron chi connectivity index (χ3n) is 2.76. The Morgan fingerprint density at radius 1 is 1.44 bits per heavy atom. The van der Waals surface area contributed by atoms with Gasteiger partial charge in [0.2, 0.25) is 5.91 Å². The van der Waals surface area contributed by atoms with E-state index in [1.54, 1.807) is 17.0 Å². The molecule has 1 N–H and O–H groups in total. The molecule has 1 saturated heterocycles. The Kier molecular flexibility index (Phi) is 3.19. The first kappa shape index (κ1) is 11.1. The second-order valence-corrected chi connectivity index (χ2v) is 3.94. The standard InChI is InChI=1S/C12H15FN2O/c1-2-14-10-7-12(16)15(8-10)11-5-3-9(13)4-6-11/h3-6,10,14H,2,7-8H2,1H3. The number of hydrogen-bond acceptors (Lipinski definition) is 2. The summed E-state index contributed by atoms with van der Waals surface area (Å²) in [4.78, 5) is 13.4. The van der Waals surface area contributed by atoms with E-state index in [0.29, 0.717) is 13.0 Å². The monoisotopic (exact) mass is 222 g/mol. The highest BCUT2D eigenvalue weighted by molar-refractivity contribution is 5.96. The van der Waals surface area contributed by atoms with Crippen molar-refractivity contribution in [1.82, 2.24) is 5.32 Å². The van der Waals surface area contributed by atoms with Gasteiger partial charge in [-0.15, -0.1) is 0 Å². The van der Waals surface area contributed by atoms with Crippen molar-refractivity contribution in [3.63, 3.8) is 0 Å². The van der Waals surface area contributed by atoms with Crippen molar-refractivity contribution in [2.45, 2.75) is 19.4 Å². The zero-order valence-electron chi connectivity index (χ0n) is 9.24. The molecule has 0 spiro atoms. The summed E-state index contributed by atoms with van der Waals surface area (Å²) in [7, 11) is 0. The molecule has 0 radical (unpaired) electrons. The van der Waals surface area contributed by atoms with Crippen LogP contribution >= 0.6 is 0 Å². The van der Waals surface area contributed by atoms with Gasteiger partial charge in [0.05, 0.1) is 0 Å².